The molecule has 0 N–H and O–H groups in total. The molecule has 0 atom stereocenters. The molecule has 0 amide bonds. The van der Waals surface area contributed by atoms with Crippen LogP contribution in [0.5, 0.6) is 5.75 Å². The first-order valence-electron chi connectivity index (χ1n) is 9.37. The Kier molecular flexibility index (Phi) is 5.19. The third-order valence-electron chi connectivity index (χ3n) is 5.50. The van der Waals surface area contributed by atoms with Crippen molar-refractivity contribution in [1.29, 1.82) is 5.26 Å². The number of rotatable bonds is 5. The van der Waals surface area contributed by atoms with Gasteiger partial charge in [0.15, 0.2) is 0 Å². The standard InChI is InChI=1S/C21H17F3N6O/c1-30(21(8-13(22)9-21)19-15(24)4-3-7-26-19)20-27-11-16(28-29-20)17-14(23)6-5-12(10-25)18(17)31-2/h3-7,11,13H,8-9H2,1-2H3/t13-,21-. The van der Waals surface area contributed by atoms with Gasteiger partial charge in [0.1, 0.15) is 41.0 Å². The summed E-state index contributed by atoms with van der Waals surface area (Å²) in [5, 5.41) is 17.3. The summed E-state index contributed by atoms with van der Waals surface area (Å²) in [6, 6.07) is 7.09. The zero-order valence-corrected chi connectivity index (χ0v) is 16.7. The maximum Gasteiger partial charge on any atom is 0.245 e. The van der Waals surface area contributed by atoms with E-state index >= 15 is 0 Å². The summed E-state index contributed by atoms with van der Waals surface area (Å²) < 4.78 is 48.0. The second kappa shape index (κ2) is 7.83. The van der Waals surface area contributed by atoms with Crippen molar-refractivity contribution in [3.8, 4) is 23.1 Å². The molecule has 3 aromatic rings. The minimum Gasteiger partial charge on any atom is -0.495 e. The number of benzene rings is 1. The number of halogens is 3. The molecule has 0 spiro atoms. The van der Waals surface area contributed by atoms with Gasteiger partial charge >= 0.3 is 0 Å². The van der Waals surface area contributed by atoms with Crippen LogP contribution in [0, 0.1) is 23.0 Å². The van der Waals surface area contributed by atoms with Crippen molar-refractivity contribution in [1.82, 2.24) is 20.2 Å². The van der Waals surface area contributed by atoms with Crippen molar-refractivity contribution in [3.05, 3.63) is 59.6 Å². The molecule has 2 aromatic heterocycles. The van der Waals surface area contributed by atoms with Crippen LogP contribution < -0.4 is 9.64 Å². The van der Waals surface area contributed by atoms with Gasteiger partial charge in [0, 0.05) is 26.1 Å². The first-order chi connectivity index (χ1) is 14.9. The Hall–Kier alpha value is -3.74. The highest BCUT2D eigenvalue weighted by Crippen LogP contribution is 2.48. The van der Waals surface area contributed by atoms with Crippen LogP contribution >= 0.6 is 0 Å². The van der Waals surface area contributed by atoms with Crippen LogP contribution in [0.1, 0.15) is 24.1 Å². The van der Waals surface area contributed by atoms with Crippen LogP contribution in [0.15, 0.2) is 36.7 Å². The molecule has 0 saturated heterocycles. The van der Waals surface area contributed by atoms with Crippen LogP contribution in [0.25, 0.3) is 11.3 Å². The van der Waals surface area contributed by atoms with Gasteiger partial charge in [-0.25, -0.2) is 18.2 Å². The number of methoxy groups -OCH3 is 1. The fourth-order valence-corrected chi connectivity index (χ4v) is 3.85. The molecule has 1 fully saturated rings. The van der Waals surface area contributed by atoms with Crippen LogP contribution in [-0.2, 0) is 5.54 Å². The molecule has 2 heterocycles. The van der Waals surface area contributed by atoms with Crippen LogP contribution in [0.2, 0.25) is 0 Å². The highest BCUT2D eigenvalue weighted by Gasteiger charge is 2.52. The number of alkyl halides is 1. The number of nitriles is 1. The zero-order valence-electron chi connectivity index (χ0n) is 16.7. The van der Waals surface area contributed by atoms with E-state index in [0.29, 0.717) is 0 Å². The topological polar surface area (TPSA) is 87.8 Å². The molecule has 158 valence electrons. The Morgan fingerprint density at radius 3 is 2.52 bits per heavy atom. The highest BCUT2D eigenvalue weighted by atomic mass is 19.1. The number of ether oxygens (including phenoxy) is 1. The number of anilines is 1. The summed E-state index contributed by atoms with van der Waals surface area (Å²) in [4.78, 5) is 9.88. The number of aromatic nitrogens is 4. The van der Waals surface area contributed by atoms with Gasteiger partial charge in [-0.15, -0.1) is 10.2 Å². The van der Waals surface area contributed by atoms with Gasteiger partial charge in [0.05, 0.1) is 30.0 Å². The van der Waals surface area contributed by atoms with E-state index < -0.39 is 23.3 Å². The van der Waals surface area contributed by atoms with Gasteiger partial charge in [-0.05, 0) is 24.3 Å². The third-order valence-corrected chi connectivity index (χ3v) is 5.50. The molecule has 0 radical (unpaired) electrons. The van der Waals surface area contributed by atoms with E-state index in [9.17, 15) is 18.4 Å². The van der Waals surface area contributed by atoms with E-state index in [4.69, 9.17) is 4.74 Å². The molecule has 1 saturated carbocycles. The summed E-state index contributed by atoms with van der Waals surface area (Å²) in [6.07, 6.45) is 1.65. The first-order valence-corrected chi connectivity index (χ1v) is 9.37. The van der Waals surface area contributed by atoms with Gasteiger partial charge in [-0.3, -0.25) is 4.98 Å². The van der Waals surface area contributed by atoms with Gasteiger partial charge in [0.2, 0.25) is 5.95 Å². The number of hydrogen-bond donors (Lipinski definition) is 0. The fraction of sp³-hybridized carbons (Fsp3) is 0.286. The van der Waals surface area contributed by atoms with Crippen LogP contribution in [0.3, 0.4) is 0 Å². The average molecular weight is 426 g/mol. The lowest BCUT2D eigenvalue weighted by Gasteiger charge is -2.49. The molecule has 7 nitrogen and oxygen atoms in total. The minimum absolute atomic E-state index is 0.0194. The minimum atomic E-state index is -1.11. The van der Waals surface area contributed by atoms with Crippen molar-refractivity contribution >= 4 is 5.95 Å². The largest absolute Gasteiger partial charge is 0.495 e. The van der Waals surface area contributed by atoms with E-state index in [1.807, 2.05) is 6.07 Å². The average Bonchev–Trinajstić information content (AvgIpc) is 2.76. The van der Waals surface area contributed by atoms with Crippen molar-refractivity contribution < 1.29 is 17.9 Å². The Morgan fingerprint density at radius 1 is 1.16 bits per heavy atom. The van der Waals surface area contributed by atoms with E-state index in [2.05, 4.69) is 20.2 Å². The lowest BCUT2D eigenvalue weighted by Crippen LogP contribution is -2.56. The predicted octanol–water partition coefficient (Wildman–Crippen LogP) is 3.56. The fourth-order valence-electron chi connectivity index (χ4n) is 3.85. The Morgan fingerprint density at radius 2 is 1.94 bits per heavy atom. The van der Waals surface area contributed by atoms with E-state index in [1.165, 1.54) is 42.6 Å². The van der Waals surface area contributed by atoms with Crippen LogP contribution in [-0.4, -0.2) is 40.5 Å². The summed E-state index contributed by atoms with van der Waals surface area (Å²) in [5.41, 5.74) is -0.812. The molecule has 0 unspecified atom stereocenters. The smallest absolute Gasteiger partial charge is 0.245 e. The van der Waals surface area contributed by atoms with Gasteiger partial charge in [-0.2, -0.15) is 5.26 Å². The summed E-state index contributed by atoms with van der Waals surface area (Å²) in [5.74, 6) is -1.09. The zero-order chi connectivity index (χ0) is 22.2. The lowest BCUT2D eigenvalue weighted by atomic mass is 9.71. The van der Waals surface area contributed by atoms with Crippen molar-refractivity contribution in [2.24, 2.45) is 0 Å². The van der Waals surface area contributed by atoms with Gasteiger partial charge < -0.3 is 9.64 Å². The summed E-state index contributed by atoms with van der Waals surface area (Å²) >= 11 is 0. The first kappa shape index (κ1) is 20.5. The van der Waals surface area contributed by atoms with Gasteiger partial charge in [-0.1, -0.05) is 0 Å². The molecule has 1 aliphatic carbocycles. The number of nitrogens with zero attached hydrogens (tertiary/aromatic N) is 6. The van der Waals surface area contributed by atoms with E-state index in [-0.39, 0.29) is 47.1 Å². The molecule has 4 rings (SSSR count). The van der Waals surface area contributed by atoms with Crippen molar-refractivity contribution in [2.45, 2.75) is 24.6 Å². The quantitative estimate of drug-likeness (QED) is 0.616. The van der Waals surface area contributed by atoms with Crippen LogP contribution in [0.4, 0.5) is 19.1 Å². The second-order valence-corrected chi connectivity index (χ2v) is 7.19. The Labute approximate surface area is 176 Å². The number of hydrogen-bond acceptors (Lipinski definition) is 7. The molecule has 10 heteroatoms. The van der Waals surface area contributed by atoms with Gasteiger partial charge in [0.25, 0.3) is 0 Å². The monoisotopic (exact) mass is 426 g/mol. The highest BCUT2D eigenvalue weighted by molar-refractivity contribution is 5.71. The molecule has 1 aromatic carbocycles. The summed E-state index contributed by atoms with van der Waals surface area (Å²) in [7, 11) is 2.92. The molecular weight excluding hydrogens is 409 g/mol. The third kappa shape index (κ3) is 3.32. The van der Waals surface area contributed by atoms with E-state index in [0.717, 1.165) is 6.07 Å². The molecule has 0 aliphatic heterocycles. The Balaban J connectivity index is 1.72. The Bertz CT molecular complexity index is 1160. The number of pyridine rings is 1. The van der Waals surface area contributed by atoms with Crippen molar-refractivity contribution in [2.75, 3.05) is 19.1 Å². The normalized spacial score (nSPS) is 19.9. The molecule has 1 aliphatic rings. The lowest BCUT2D eigenvalue weighted by molar-refractivity contribution is 0.0859. The molecular formula is C21H17F3N6O. The maximum absolute atomic E-state index is 14.5. The second-order valence-electron chi connectivity index (χ2n) is 7.19. The van der Waals surface area contributed by atoms with Crippen molar-refractivity contribution in [3.63, 3.8) is 0 Å². The molecule has 0 bridgehead atoms. The molecule has 31 heavy (non-hydrogen) atoms. The summed E-state index contributed by atoms with van der Waals surface area (Å²) in [6.45, 7) is 0. The SMILES string of the molecule is COc1c(C#N)ccc(F)c1-c1cnc(N(C)[C@]2(c3ncccc3F)C[C@@H](F)C2)nn1. The predicted molar refractivity (Wildman–Crippen MR) is 105 cm³/mol. The maximum atomic E-state index is 14.5. The van der Waals surface area contributed by atoms with E-state index in [1.54, 1.807) is 7.05 Å².